The van der Waals surface area contributed by atoms with E-state index in [0.717, 1.165) is 72.1 Å². The van der Waals surface area contributed by atoms with Gasteiger partial charge in [-0.1, -0.05) is 0 Å². The van der Waals surface area contributed by atoms with Crippen molar-refractivity contribution in [1.82, 2.24) is 14.9 Å². The molecule has 1 saturated carbocycles. The number of rotatable bonds is 5. The molecule has 4 rings (SSSR count). The molecular formula is C20H25N3O3. The summed E-state index contributed by atoms with van der Waals surface area (Å²) in [5.74, 6) is 2.97. The Kier molecular flexibility index (Phi) is 4.44. The van der Waals surface area contributed by atoms with Gasteiger partial charge in [0.25, 0.3) is 5.56 Å². The van der Waals surface area contributed by atoms with Gasteiger partial charge in [0.05, 0.1) is 25.5 Å². The van der Waals surface area contributed by atoms with Gasteiger partial charge >= 0.3 is 0 Å². The van der Waals surface area contributed by atoms with E-state index in [-0.39, 0.29) is 5.56 Å². The van der Waals surface area contributed by atoms with E-state index in [1.807, 2.05) is 12.1 Å². The first-order valence-corrected chi connectivity index (χ1v) is 9.15. The number of nitrogens with zero attached hydrogens (tertiary/aromatic N) is 2. The molecule has 0 saturated heterocycles. The van der Waals surface area contributed by atoms with E-state index in [0.29, 0.717) is 12.5 Å². The molecule has 1 aliphatic heterocycles. The van der Waals surface area contributed by atoms with Crippen molar-refractivity contribution in [2.24, 2.45) is 0 Å². The second-order valence-electron chi connectivity index (χ2n) is 7.24. The smallest absolute Gasteiger partial charge is 0.255 e. The number of ether oxygens (including phenoxy) is 2. The Bertz CT molecular complexity index is 887. The van der Waals surface area contributed by atoms with Crippen LogP contribution in [-0.2, 0) is 19.5 Å². The van der Waals surface area contributed by atoms with Crippen molar-refractivity contribution < 1.29 is 9.47 Å². The molecular weight excluding hydrogens is 330 g/mol. The largest absolute Gasteiger partial charge is 0.497 e. The molecule has 1 fully saturated rings. The summed E-state index contributed by atoms with van der Waals surface area (Å²) in [7, 11) is 3.34. The average molecular weight is 355 g/mol. The Morgan fingerprint density at radius 3 is 2.77 bits per heavy atom. The van der Waals surface area contributed by atoms with Crippen molar-refractivity contribution in [3.8, 4) is 11.5 Å². The molecule has 0 unspecified atom stereocenters. The number of hydrogen-bond donors (Lipinski definition) is 1. The average Bonchev–Trinajstić information content (AvgIpc) is 3.48. The number of benzene rings is 1. The molecule has 2 heterocycles. The normalized spacial score (nSPS) is 17.0. The summed E-state index contributed by atoms with van der Waals surface area (Å²) in [4.78, 5) is 22.5. The first-order valence-electron chi connectivity index (χ1n) is 9.15. The van der Waals surface area contributed by atoms with Gasteiger partial charge in [-0.2, -0.15) is 0 Å². The van der Waals surface area contributed by atoms with Gasteiger partial charge in [-0.05, 0) is 31.4 Å². The van der Waals surface area contributed by atoms with E-state index in [4.69, 9.17) is 14.5 Å². The van der Waals surface area contributed by atoms with Gasteiger partial charge in [0.15, 0.2) is 0 Å². The lowest BCUT2D eigenvalue weighted by molar-refractivity contribution is 0.237. The number of hydrogen-bond acceptors (Lipinski definition) is 5. The second kappa shape index (κ2) is 6.76. The Morgan fingerprint density at radius 1 is 1.27 bits per heavy atom. The van der Waals surface area contributed by atoms with Crippen LogP contribution < -0.4 is 15.0 Å². The Labute approximate surface area is 153 Å². The van der Waals surface area contributed by atoms with Gasteiger partial charge in [0, 0.05) is 43.6 Å². The highest BCUT2D eigenvalue weighted by molar-refractivity contribution is 5.46. The maximum atomic E-state index is 12.5. The van der Waals surface area contributed by atoms with Gasteiger partial charge in [-0.25, -0.2) is 4.98 Å². The van der Waals surface area contributed by atoms with Gasteiger partial charge in [-0.15, -0.1) is 0 Å². The lowest BCUT2D eigenvalue weighted by atomic mass is 10.0. The van der Waals surface area contributed by atoms with Crippen LogP contribution in [0.4, 0.5) is 0 Å². The summed E-state index contributed by atoms with van der Waals surface area (Å²) in [6.45, 7) is 4.32. The minimum Gasteiger partial charge on any atom is -0.497 e. The summed E-state index contributed by atoms with van der Waals surface area (Å²) in [5, 5.41) is 0. The summed E-state index contributed by atoms with van der Waals surface area (Å²) in [6.07, 6.45) is 3.10. The van der Waals surface area contributed by atoms with Crippen molar-refractivity contribution in [2.75, 3.05) is 20.8 Å². The number of methoxy groups -OCH3 is 2. The lowest BCUT2D eigenvalue weighted by Crippen LogP contribution is -2.36. The third-order valence-corrected chi connectivity index (χ3v) is 5.37. The molecule has 2 aliphatic rings. The molecule has 0 amide bonds. The summed E-state index contributed by atoms with van der Waals surface area (Å²) in [6, 6.07) is 3.93. The first kappa shape index (κ1) is 17.1. The molecule has 0 bridgehead atoms. The van der Waals surface area contributed by atoms with Crippen LogP contribution in [-0.4, -0.2) is 35.6 Å². The fourth-order valence-electron chi connectivity index (χ4n) is 3.66. The Hall–Kier alpha value is -2.34. The molecule has 26 heavy (non-hydrogen) atoms. The van der Waals surface area contributed by atoms with Crippen molar-refractivity contribution >= 4 is 0 Å². The zero-order chi connectivity index (χ0) is 18.3. The van der Waals surface area contributed by atoms with Crippen LogP contribution in [0.5, 0.6) is 11.5 Å². The molecule has 1 aromatic heterocycles. The zero-order valence-electron chi connectivity index (χ0n) is 15.6. The highest BCUT2D eigenvalue weighted by Crippen LogP contribution is 2.38. The number of nitrogens with one attached hydrogen (secondary N) is 1. The third kappa shape index (κ3) is 3.21. The summed E-state index contributed by atoms with van der Waals surface area (Å²) in [5.41, 5.74) is 4.08. The predicted molar refractivity (Wildman–Crippen MR) is 98.9 cm³/mol. The van der Waals surface area contributed by atoms with E-state index in [9.17, 15) is 4.79 Å². The summed E-state index contributed by atoms with van der Waals surface area (Å²) < 4.78 is 10.9. The Morgan fingerprint density at radius 2 is 2.08 bits per heavy atom. The van der Waals surface area contributed by atoms with Crippen LogP contribution in [0.2, 0.25) is 0 Å². The van der Waals surface area contributed by atoms with Crippen LogP contribution >= 0.6 is 0 Å². The van der Waals surface area contributed by atoms with Crippen molar-refractivity contribution in [2.45, 2.75) is 45.2 Å². The zero-order valence-corrected chi connectivity index (χ0v) is 15.6. The van der Waals surface area contributed by atoms with Gasteiger partial charge in [-0.3, -0.25) is 9.69 Å². The minimum absolute atomic E-state index is 0.0278. The standard InChI is InChI=1S/C20H25N3O3/c1-12-8-14(25-2)9-18(26-3)15(12)10-23-7-6-17-16(11-23)20(24)22-19(21-17)13-4-5-13/h8-9,13H,4-7,10-11H2,1-3H3,(H,21,22,24). The van der Waals surface area contributed by atoms with Crippen molar-refractivity contribution in [3.05, 3.63) is 50.7 Å². The number of fused-ring (bicyclic) bond motifs is 1. The SMILES string of the molecule is COc1cc(C)c(CN2CCc3nc(C4CC4)[nH]c(=O)c3C2)c(OC)c1. The molecule has 2 aromatic rings. The van der Waals surface area contributed by atoms with Crippen molar-refractivity contribution in [1.29, 1.82) is 0 Å². The molecule has 1 N–H and O–H groups in total. The molecule has 1 aromatic carbocycles. The number of aromatic amines is 1. The topological polar surface area (TPSA) is 67.5 Å². The molecule has 0 atom stereocenters. The number of aryl methyl sites for hydroxylation is 1. The molecule has 6 heteroatoms. The molecule has 6 nitrogen and oxygen atoms in total. The fourth-order valence-corrected chi connectivity index (χ4v) is 3.66. The van der Waals surface area contributed by atoms with E-state index in [1.54, 1.807) is 14.2 Å². The highest BCUT2D eigenvalue weighted by atomic mass is 16.5. The highest BCUT2D eigenvalue weighted by Gasteiger charge is 2.29. The maximum Gasteiger partial charge on any atom is 0.255 e. The van der Waals surface area contributed by atoms with Crippen LogP contribution in [0.15, 0.2) is 16.9 Å². The lowest BCUT2D eigenvalue weighted by Gasteiger charge is -2.29. The summed E-state index contributed by atoms with van der Waals surface area (Å²) >= 11 is 0. The van der Waals surface area contributed by atoms with Crippen LogP contribution in [0.1, 0.15) is 47.0 Å². The maximum absolute atomic E-state index is 12.5. The van der Waals surface area contributed by atoms with Crippen LogP contribution in [0.3, 0.4) is 0 Å². The predicted octanol–water partition coefficient (Wildman–Crippen LogP) is 2.53. The van der Waals surface area contributed by atoms with Crippen molar-refractivity contribution in [3.63, 3.8) is 0 Å². The van der Waals surface area contributed by atoms with Gasteiger partial charge in [0.1, 0.15) is 17.3 Å². The van der Waals surface area contributed by atoms with Crippen LogP contribution in [0.25, 0.3) is 0 Å². The molecule has 1 aliphatic carbocycles. The van der Waals surface area contributed by atoms with E-state index < -0.39 is 0 Å². The number of aromatic nitrogens is 2. The van der Waals surface area contributed by atoms with Gasteiger partial charge in [0.2, 0.25) is 0 Å². The monoisotopic (exact) mass is 355 g/mol. The van der Waals surface area contributed by atoms with E-state index in [2.05, 4.69) is 16.8 Å². The minimum atomic E-state index is 0.0278. The Balaban J connectivity index is 1.57. The van der Waals surface area contributed by atoms with Crippen LogP contribution in [0, 0.1) is 6.92 Å². The molecule has 0 spiro atoms. The van der Waals surface area contributed by atoms with E-state index in [1.165, 1.54) is 0 Å². The second-order valence-corrected chi connectivity index (χ2v) is 7.24. The quantitative estimate of drug-likeness (QED) is 0.893. The fraction of sp³-hybridized carbons (Fsp3) is 0.500. The first-order chi connectivity index (χ1) is 12.6. The van der Waals surface area contributed by atoms with E-state index >= 15 is 0 Å². The number of H-pyrrole nitrogens is 1. The third-order valence-electron chi connectivity index (χ3n) is 5.37. The molecule has 138 valence electrons. The van der Waals surface area contributed by atoms with Gasteiger partial charge < -0.3 is 14.5 Å². The molecule has 0 radical (unpaired) electrons.